The molecule has 1 N–H and O–H groups in total. The molecule has 0 saturated heterocycles. The van der Waals surface area contributed by atoms with Crippen molar-refractivity contribution in [3.05, 3.63) is 33.9 Å². The molecule has 1 aromatic rings. The van der Waals surface area contributed by atoms with Gasteiger partial charge in [0, 0.05) is 28.9 Å². The second-order valence-corrected chi connectivity index (χ2v) is 5.53. The molecular weight excluding hydrogens is 266 g/mol. The average molecular weight is 278 g/mol. The van der Waals surface area contributed by atoms with E-state index in [0.717, 1.165) is 0 Å². The molecule has 0 amide bonds. The van der Waals surface area contributed by atoms with Crippen molar-refractivity contribution in [1.29, 1.82) is 0 Å². The van der Waals surface area contributed by atoms with Crippen LogP contribution in [0.5, 0.6) is 0 Å². The zero-order chi connectivity index (χ0) is 13.9. The molecule has 0 aliphatic rings. The maximum Gasteiger partial charge on any atom is 0.275 e. The van der Waals surface area contributed by atoms with Crippen LogP contribution in [-0.2, 0) is 10.8 Å². The lowest BCUT2D eigenvalue weighted by molar-refractivity contribution is -0.385. The summed E-state index contributed by atoms with van der Waals surface area (Å²) < 4.78 is 38.0. The first-order valence-electron chi connectivity index (χ1n) is 5.02. The number of nitrogens with zero attached hydrogens (tertiary/aromatic N) is 1. The highest BCUT2D eigenvalue weighted by atomic mass is 32.2. The number of benzene rings is 1. The van der Waals surface area contributed by atoms with Gasteiger partial charge in [-0.3, -0.25) is 14.3 Å². The number of hydrogen-bond acceptors (Lipinski definition) is 4. The summed E-state index contributed by atoms with van der Waals surface area (Å²) in [6.45, 7) is 1.76. The zero-order valence-corrected chi connectivity index (χ0v) is 10.6. The second kappa shape index (κ2) is 5.85. The summed E-state index contributed by atoms with van der Waals surface area (Å²) in [5, 5.41) is 12.6. The van der Waals surface area contributed by atoms with Crippen LogP contribution in [0, 0.1) is 21.7 Å². The van der Waals surface area contributed by atoms with Crippen LogP contribution in [0.1, 0.15) is 6.92 Å². The van der Waals surface area contributed by atoms with Crippen molar-refractivity contribution in [2.24, 2.45) is 0 Å². The molecule has 2 unspecified atom stereocenters. The maximum atomic E-state index is 13.4. The Morgan fingerprint density at radius 2 is 1.94 bits per heavy atom. The third kappa shape index (κ3) is 3.46. The fraction of sp³-hybridized carbons (Fsp3) is 0.400. The van der Waals surface area contributed by atoms with Crippen LogP contribution in [0.15, 0.2) is 12.1 Å². The Kier molecular flexibility index (Phi) is 4.71. The van der Waals surface area contributed by atoms with Crippen molar-refractivity contribution < 1.29 is 17.9 Å². The molecule has 1 rings (SSSR count). The summed E-state index contributed by atoms with van der Waals surface area (Å²) in [6, 6.07) is 1.28. The summed E-state index contributed by atoms with van der Waals surface area (Å²) in [4.78, 5) is 9.51. The first-order chi connectivity index (χ1) is 8.32. The Hall–Kier alpha value is -1.57. The Morgan fingerprint density at radius 1 is 1.44 bits per heavy atom. The summed E-state index contributed by atoms with van der Waals surface area (Å²) >= 11 is 0. The molecular formula is C10H12F2N2O3S. The van der Waals surface area contributed by atoms with E-state index in [1.807, 2.05) is 0 Å². The number of non-ortho nitro benzene ring substituents is 1. The lowest BCUT2D eigenvalue weighted by atomic mass is 10.2. The predicted octanol–water partition coefficient (Wildman–Crippen LogP) is 2.05. The van der Waals surface area contributed by atoms with Gasteiger partial charge in [-0.05, 0) is 6.92 Å². The van der Waals surface area contributed by atoms with Gasteiger partial charge in [-0.2, -0.15) is 0 Å². The van der Waals surface area contributed by atoms with Gasteiger partial charge in [0.05, 0.1) is 17.1 Å². The molecule has 2 atom stereocenters. The van der Waals surface area contributed by atoms with Crippen molar-refractivity contribution in [3.63, 3.8) is 0 Å². The van der Waals surface area contributed by atoms with Gasteiger partial charge in [0.2, 0.25) is 0 Å². The van der Waals surface area contributed by atoms with E-state index in [0.29, 0.717) is 12.1 Å². The Bertz CT molecular complexity index is 473. The van der Waals surface area contributed by atoms with E-state index in [1.54, 1.807) is 6.92 Å². The van der Waals surface area contributed by atoms with Gasteiger partial charge in [-0.25, -0.2) is 8.78 Å². The number of nitro groups is 1. The minimum absolute atomic E-state index is 0.106. The molecule has 0 bridgehead atoms. The highest BCUT2D eigenvalue weighted by Gasteiger charge is 2.17. The SMILES string of the molecule is CC(CNc1c(F)cc([N+](=O)[O-])cc1F)S(C)=O. The summed E-state index contributed by atoms with van der Waals surface area (Å²) in [6.07, 6.45) is 1.48. The molecule has 0 saturated carbocycles. The molecule has 0 radical (unpaired) electrons. The smallest absolute Gasteiger partial charge is 0.275 e. The molecule has 0 aliphatic heterocycles. The zero-order valence-electron chi connectivity index (χ0n) is 9.78. The molecule has 0 aromatic heterocycles. The second-order valence-electron chi connectivity index (χ2n) is 3.73. The highest BCUT2D eigenvalue weighted by molar-refractivity contribution is 7.84. The topological polar surface area (TPSA) is 72.2 Å². The van der Waals surface area contributed by atoms with E-state index < -0.39 is 38.7 Å². The first-order valence-corrected chi connectivity index (χ1v) is 6.64. The number of hydrogen-bond donors (Lipinski definition) is 1. The van der Waals surface area contributed by atoms with Gasteiger partial charge < -0.3 is 5.32 Å². The van der Waals surface area contributed by atoms with E-state index in [2.05, 4.69) is 5.32 Å². The number of rotatable bonds is 5. The standard InChI is InChI=1S/C10H12F2N2O3S/c1-6(18(2)17)5-13-10-8(11)3-7(14(15)16)4-9(10)12/h3-4,6,13H,5H2,1-2H3. The van der Waals surface area contributed by atoms with Crippen LogP contribution in [0.3, 0.4) is 0 Å². The fourth-order valence-electron chi connectivity index (χ4n) is 1.20. The van der Waals surface area contributed by atoms with Crippen LogP contribution in [0.2, 0.25) is 0 Å². The Morgan fingerprint density at radius 3 is 2.33 bits per heavy atom. The fourth-order valence-corrected chi connectivity index (χ4v) is 1.52. The quantitative estimate of drug-likeness (QED) is 0.661. The maximum absolute atomic E-state index is 13.4. The predicted molar refractivity (Wildman–Crippen MR) is 65.0 cm³/mol. The minimum atomic E-state index is -1.12. The molecule has 8 heteroatoms. The minimum Gasteiger partial charge on any atom is -0.379 e. The molecule has 1 aromatic carbocycles. The highest BCUT2D eigenvalue weighted by Crippen LogP contribution is 2.24. The van der Waals surface area contributed by atoms with Crippen molar-refractivity contribution in [2.45, 2.75) is 12.2 Å². The van der Waals surface area contributed by atoms with Crippen molar-refractivity contribution in [3.8, 4) is 0 Å². The van der Waals surface area contributed by atoms with Crippen molar-refractivity contribution in [1.82, 2.24) is 0 Å². The Balaban J connectivity index is 2.90. The van der Waals surface area contributed by atoms with Crippen LogP contribution < -0.4 is 5.32 Å². The summed E-state index contributed by atoms with van der Waals surface area (Å²) in [7, 11) is -1.12. The van der Waals surface area contributed by atoms with Crippen LogP contribution in [0.25, 0.3) is 0 Å². The van der Waals surface area contributed by atoms with Gasteiger partial charge in [0.25, 0.3) is 5.69 Å². The third-order valence-electron chi connectivity index (χ3n) is 2.37. The van der Waals surface area contributed by atoms with E-state index >= 15 is 0 Å². The number of halogens is 2. The van der Waals surface area contributed by atoms with Gasteiger partial charge >= 0.3 is 0 Å². The van der Waals surface area contributed by atoms with E-state index in [9.17, 15) is 23.1 Å². The number of nitrogens with one attached hydrogen (secondary N) is 1. The largest absolute Gasteiger partial charge is 0.379 e. The molecule has 0 spiro atoms. The number of anilines is 1. The lowest BCUT2D eigenvalue weighted by Gasteiger charge is -2.12. The van der Waals surface area contributed by atoms with E-state index in [-0.39, 0.29) is 11.8 Å². The van der Waals surface area contributed by atoms with Crippen LogP contribution in [0.4, 0.5) is 20.2 Å². The first kappa shape index (κ1) is 14.5. The third-order valence-corrected chi connectivity index (χ3v) is 3.67. The summed E-state index contributed by atoms with van der Waals surface area (Å²) in [5.41, 5.74) is -1.10. The molecule has 0 aliphatic carbocycles. The Labute approximate surface area is 105 Å². The molecule has 0 heterocycles. The van der Waals surface area contributed by atoms with Gasteiger partial charge in [0.15, 0.2) is 11.6 Å². The van der Waals surface area contributed by atoms with E-state index in [4.69, 9.17) is 0 Å². The van der Waals surface area contributed by atoms with Crippen molar-refractivity contribution >= 4 is 22.2 Å². The molecule has 0 fully saturated rings. The summed E-state index contributed by atoms with van der Waals surface area (Å²) in [5.74, 6) is -2.09. The van der Waals surface area contributed by atoms with E-state index in [1.165, 1.54) is 6.26 Å². The van der Waals surface area contributed by atoms with Crippen molar-refractivity contribution in [2.75, 3.05) is 18.1 Å². The van der Waals surface area contributed by atoms with Gasteiger partial charge in [0.1, 0.15) is 5.69 Å². The molecule has 18 heavy (non-hydrogen) atoms. The normalized spacial score (nSPS) is 14.0. The molecule has 5 nitrogen and oxygen atoms in total. The average Bonchev–Trinajstić information content (AvgIpc) is 2.26. The molecule has 100 valence electrons. The van der Waals surface area contributed by atoms with Crippen LogP contribution in [-0.4, -0.2) is 27.2 Å². The van der Waals surface area contributed by atoms with Gasteiger partial charge in [-0.1, -0.05) is 0 Å². The lowest BCUT2D eigenvalue weighted by Crippen LogP contribution is -2.21. The van der Waals surface area contributed by atoms with Crippen LogP contribution >= 0.6 is 0 Å². The number of nitro benzene ring substituents is 1. The monoisotopic (exact) mass is 278 g/mol. The van der Waals surface area contributed by atoms with Gasteiger partial charge in [-0.15, -0.1) is 0 Å².